The molecule has 0 spiro atoms. The fourth-order valence-electron chi connectivity index (χ4n) is 6.31. The molecule has 0 aromatic rings. The van der Waals surface area contributed by atoms with Gasteiger partial charge in [-0.25, -0.2) is 0 Å². The quantitative estimate of drug-likeness (QED) is 0.690. The monoisotopic (exact) mass is 378 g/mol. The number of hydrogen-bond acceptors (Lipinski definition) is 5. The predicted molar refractivity (Wildman–Crippen MR) is 96.5 cm³/mol. The number of carbonyl (C=O) groups excluding carboxylic acids is 2. The van der Waals surface area contributed by atoms with E-state index in [4.69, 9.17) is 4.18 Å². The zero-order chi connectivity index (χ0) is 18.9. The zero-order valence-corrected chi connectivity index (χ0v) is 16.4. The van der Waals surface area contributed by atoms with E-state index < -0.39 is 10.1 Å². The van der Waals surface area contributed by atoms with Crippen molar-refractivity contribution in [3.05, 3.63) is 23.5 Å². The Morgan fingerprint density at radius 2 is 1.81 bits per heavy atom. The number of allylic oxidation sites excluding steroid dienone is 3. The zero-order valence-electron chi connectivity index (χ0n) is 15.6. The maximum Gasteiger partial charge on any atom is 0.306 e. The third-order valence-corrected chi connectivity index (χ3v) is 8.08. The van der Waals surface area contributed by atoms with Gasteiger partial charge in [0.05, 0.1) is 6.26 Å². The summed E-state index contributed by atoms with van der Waals surface area (Å²) in [5, 5.41) is 0. The lowest BCUT2D eigenvalue weighted by molar-refractivity contribution is -0.131. The Morgan fingerprint density at radius 1 is 1.08 bits per heavy atom. The van der Waals surface area contributed by atoms with Gasteiger partial charge >= 0.3 is 10.1 Å². The van der Waals surface area contributed by atoms with Crippen molar-refractivity contribution in [2.75, 3.05) is 6.26 Å². The van der Waals surface area contributed by atoms with Crippen LogP contribution < -0.4 is 0 Å². The van der Waals surface area contributed by atoms with Crippen LogP contribution in [0.1, 0.15) is 52.4 Å². The molecule has 4 aliphatic rings. The summed E-state index contributed by atoms with van der Waals surface area (Å²) in [6.07, 6.45) is 9.39. The molecule has 0 bridgehead atoms. The van der Waals surface area contributed by atoms with Gasteiger partial charge in [-0.05, 0) is 61.5 Å². The van der Waals surface area contributed by atoms with Crippen molar-refractivity contribution in [2.24, 2.45) is 28.6 Å². The highest BCUT2D eigenvalue weighted by atomic mass is 32.2. The van der Waals surface area contributed by atoms with Crippen molar-refractivity contribution >= 4 is 21.7 Å². The van der Waals surface area contributed by atoms with Gasteiger partial charge in [-0.15, -0.1) is 0 Å². The van der Waals surface area contributed by atoms with Gasteiger partial charge in [-0.1, -0.05) is 19.9 Å². The first-order valence-corrected chi connectivity index (χ1v) is 11.3. The normalized spacial score (nSPS) is 42.3. The molecular formula is C20H26O5S. The molecule has 4 rings (SSSR count). The molecule has 5 nitrogen and oxygen atoms in total. The number of rotatable bonds is 2. The molecule has 0 amide bonds. The predicted octanol–water partition coefficient (Wildman–Crippen LogP) is 3.17. The van der Waals surface area contributed by atoms with E-state index in [0.29, 0.717) is 36.4 Å². The summed E-state index contributed by atoms with van der Waals surface area (Å²) in [4.78, 5) is 24.8. The molecule has 142 valence electrons. The number of carbonyl (C=O) groups is 2. The van der Waals surface area contributed by atoms with Gasteiger partial charge in [-0.3, -0.25) is 9.59 Å². The molecule has 0 heterocycles. The summed E-state index contributed by atoms with van der Waals surface area (Å²) in [6.45, 7) is 4.24. The van der Waals surface area contributed by atoms with Crippen LogP contribution in [0, 0.1) is 28.6 Å². The van der Waals surface area contributed by atoms with Crippen molar-refractivity contribution in [1.82, 2.24) is 0 Å². The minimum Gasteiger partial charge on any atom is -0.378 e. The van der Waals surface area contributed by atoms with Crippen LogP contribution >= 0.6 is 0 Å². The van der Waals surface area contributed by atoms with E-state index in [-0.39, 0.29) is 22.4 Å². The van der Waals surface area contributed by atoms with Gasteiger partial charge in [0.2, 0.25) is 5.78 Å². The van der Waals surface area contributed by atoms with E-state index >= 15 is 0 Å². The second kappa shape index (κ2) is 5.54. The summed E-state index contributed by atoms with van der Waals surface area (Å²) >= 11 is 0. The van der Waals surface area contributed by atoms with Gasteiger partial charge in [0.1, 0.15) is 5.78 Å². The highest BCUT2D eigenvalue weighted by Crippen LogP contribution is 2.64. The van der Waals surface area contributed by atoms with Gasteiger partial charge in [0.15, 0.2) is 5.76 Å². The lowest BCUT2D eigenvalue weighted by Crippen LogP contribution is -2.50. The van der Waals surface area contributed by atoms with Crippen molar-refractivity contribution in [3.63, 3.8) is 0 Å². The minimum absolute atomic E-state index is 0.00628. The molecule has 0 aromatic carbocycles. The Labute approximate surface area is 155 Å². The lowest BCUT2D eigenvalue weighted by Gasteiger charge is -2.55. The molecule has 0 unspecified atom stereocenters. The van der Waals surface area contributed by atoms with Crippen molar-refractivity contribution in [1.29, 1.82) is 0 Å². The average molecular weight is 378 g/mol. The summed E-state index contributed by atoms with van der Waals surface area (Å²) in [5.41, 5.74) is 0.257. The number of Topliss-reactive ketones (excluding diaryl/α,β-unsaturated/α-hetero) is 1. The minimum atomic E-state index is -3.75. The summed E-state index contributed by atoms with van der Waals surface area (Å²) in [5.74, 6) is 1.20. The highest BCUT2D eigenvalue weighted by Gasteiger charge is 2.59. The van der Waals surface area contributed by atoms with Crippen LogP contribution in [0.3, 0.4) is 0 Å². The molecule has 6 heteroatoms. The molecule has 3 saturated carbocycles. The fraction of sp³-hybridized carbons (Fsp3) is 0.700. The molecule has 5 atom stereocenters. The molecule has 3 fully saturated rings. The second-order valence-electron chi connectivity index (χ2n) is 8.91. The van der Waals surface area contributed by atoms with Gasteiger partial charge in [0.25, 0.3) is 0 Å². The molecule has 26 heavy (non-hydrogen) atoms. The molecule has 4 aliphatic carbocycles. The third-order valence-electron chi connectivity index (χ3n) is 7.61. The van der Waals surface area contributed by atoms with E-state index in [2.05, 4.69) is 13.8 Å². The molecule has 0 radical (unpaired) electrons. The van der Waals surface area contributed by atoms with Crippen molar-refractivity contribution < 1.29 is 22.2 Å². The van der Waals surface area contributed by atoms with Crippen LogP contribution in [0.2, 0.25) is 0 Å². The molecule has 0 aliphatic heterocycles. The van der Waals surface area contributed by atoms with E-state index in [0.717, 1.165) is 37.5 Å². The molecule has 0 N–H and O–H groups in total. The van der Waals surface area contributed by atoms with E-state index in [9.17, 15) is 18.0 Å². The first-order chi connectivity index (χ1) is 12.1. The van der Waals surface area contributed by atoms with Crippen LogP contribution in [0.4, 0.5) is 0 Å². The molecule has 0 saturated heterocycles. The SMILES string of the molecule is C[C@]12C=CC(=O)C(OS(C)(=O)=O)=C1CC[C@@H]1[C@@H]2CC[C@]2(C)C(=O)CC[C@@H]12. The second-order valence-corrected chi connectivity index (χ2v) is 10.5. The van der Waals surface area contributed by atoms with Crippen LogP contribution in [0.5, 0.6) is 0 Å². The summed E-state index contributed by atoms with van der Waals surface area (Å²) in [7, 11) is -3.75. The van der Waals surface area contributed by atoms with Crippen LogP contribution in [-0.4, -0.2) is 26.2 Å². The Hall–Kier alpha value is -1.43. The number of fused-ring (bicyclic) bond motifs is 5. The lowest BCUT2D eigenvalue weighted by atomic mass is 9.48. The first-order valence-electron chi connectivity index (χ1n) is 9.46. The van der Waals surface area contributed by atoms with Crippen LogP contribution in [0.25, 0.3) is 0 Å². The number of ketones is 2. The van der Waals surface area contributed by atoms with Crippen LogP contribution in [0.15, 0.2) is 23.5 Å². The Morgan fingerprint density at radius 3 is 2.50 bits per heavy atom. The van der Waals surface area contributed by atoms with E-state index in [1.54, 1.807) is 0 Å². The number of hydrogen-bond donors (Lipinski definition) is 0. The summed E-state index contributed by atoms with van der Waals surface area (Å²) < 4.78 is 28.5. The topological polar surface area (TPSA) is 77.5 Å². The van der Waals surface area contributed by atoms with E-state index in [1.165, 1.54) is 6.08 Å². The van der Waals surface area contributed by atoms with E-state index in [1.807, 2.05) is 6.08 Å². The average Bonchev–Trinajstić information content (AvgIpc) is 2.85. The maximum absolute atomic E-state index is 12.5. The fourth-order valence-corrected chi connectivity index (χ4v) is 6.79. The molecular weight excluding hydrogens is 352 g/mol. The van der Waals surface area contributed by atoms with Crippen LogP contribution in [-0.2, 0) is 23.9 Å². The standard InChI is InChI=1S/C20H26O5S/c1-19-11-9-16(21)18(25-26(3,23)24)15(19)5-4-12-13-6-7-17(22)20(13,2)10-8-14(12)19/h9,11-14H,4-8,10H2,1-3H3/t12-,13-,14-,19+,20-/m0/s1. The van der Waals surface area contributed by atoms with Gasteiger partial charge in [0, 0.05) is 17.3 Å². The maximum atomic E-state index is 12.5. The van der Waals surface area contributed by atoms with Crippen molar-refractivity contribution in [3.8, 4) is 0 Å². The molecule has 0 aromatic heterocycles. The first kappa shape index (κ1) is 18.0. The smallest absolute Gasteiger partial charge is 0.306 e. The highest BCUT2D eigenvalue weighted by molar-refractivity contribution is 7.86. The van der Waals surface area contributed by atoms with Gasteiger partial charge in [-0.2, -0.15) is 8.42 Å². The Balaban J connectivity index is 1.75. The Kier molecular flexibility index (Phi) is 3.82. The van der Waals surface area contributed by atoms with Crippen molar-refractivity contribution in [2.45, 2.75) is 52.4 Å². The third kappa shape index (κ3) is 2.44. The van der Waals surface area contributed by atoms with Gasteiger partial charge < -0.3 is 4.18 Å². The largest absolute Gasteiger partial charge is 0.378 e. The Bertz CT molecular complexity index is 851. The summed E-state index contributed by atoms with van der Waals surface area (Å²) in [6, 6.07) is 0.